The van der Waals surface area contributed by atoms with E-state index in [0.29, 0.717) is 31.5 Å². The summed E-state index contributed by atoms with van der Waals surface area (Å²) in [7, 11) is 0. The average molecular weight is 347 g/mol. The fraction of sp³-hybridized carbons (Fsp3) is 0.471. The van der Waals surface area contributed by atoms with Crippen molar-refractivity contribution in [2.45, 2.75) is 25.4 Å². The number of carbonyl (C=O) groups excluding carboxylic acids is 1. The van der Waals surface area contributed by atoms with Gasteiger partial charge in [-0.05, 0) is 31.5 Å². The first-order valence-electron chi connectivity index (χ1n) is 8.42. The summed E-state index contributed by atoms with van der Waals surface area (Å²) in [5, 5.41) is 6.96. The summed E-state index contributed by atoms with van der Waals surface area (Å²) in [5.74, 6) is 0.0870. The van der Waals surface area contributed by atoms with Gasteiger partial charge >= 0.3 is 0 Å². The Bertz CT molecular complexity index is 679. The molecule has 1 amide bonds. The zero-order valence-electron chi connectivity index (χ0n) is 14.0. The van der Waals surface area contributed by atoms with Crippen molar-refractivity contribution in [2.75, 3.05) is 26.2 Å². The van der Waals surface area contributed by atoms with Gasteiger partial charge in [0, 0.05) is 12.1 Å². The van der Waals surface area contributed by atoms with Crippen LogP contribution in [0.15, 0.2) is 36.9 Å². The molecule has 3 rings (SSSR count). The second kappa shape index (κ2) is 8.57. The molecular formula is C17H22FN5O2. The molecule has 0 bridgehead atoms. The van der Waals surface area contributed by atoms with Crippen molar-refractivity contribution < 1.29 is 13.9 Å². The Morgan fingerprint density at radius 3 is 3.16 bits per heavy atom. The van der Waals surface area contributed by atoms with Crippen LogP contribution in [0.1, 0.15) is 12.8 Å². The maximum absolute atomic E-state index is 13.0. The van der Waals surface area contributed by atoms with Crippen molar-refractivity contribution in [2.24, 2.45) is 0 Å². The van der Waals surface area contributed by atoms with E-state index >= 15 is 0 Å². The first kappa shape index (κ1) is 17.3. The van der Waals surface area contributed by atoms with E-state index in [-0.39, 0.29) is 11.7 Å². The number of hydrogen-bond donors (Lipinski definition) is 1. The monoisotopic (exact) mass is 347 g/mol. The number of hydrogen-bond acceptors (Lipinski definition) is 5. The van der Waals surface area contributed by atoms with E-state index in [0.717, 1.165) is 25.9 Å². The summed E-state index contributed by atoms with van der Waals surface area (Å²) in [6, 6.07) is 6.26. The van der Waals surface area contributed by atoms with Gasteiger partial charge in [-0.25, -0.2) is 9.37 Å². The highest BCUT2D eigenvalue weighted by Crippen LogP contribution is 2.18. The lowest BCUT2D eigenvalue weighted by molar-refractivity contribution is -0.122. The largest absolute Gasteiger partial charge is 0.492 e. The highest BCUT2D eigenvalue weighted by atomic mass is 19.1. The van der Waals surface area contributed by atoms with Gasteiger partial charge in [-0.15, -0.1) is 0 Å². The molecule has 2 aromatic rings. The Balaban J connectivity index is 1.37. The summed E-state index contributed by atoms with van der Waals surface area (Å²) >= 11 is 0. The number of amides is 1. The Kier molecular flexibility index (Phi) is 5.95. The highest BCUT2D eigenvalue weighted by Gasteiger charge is 2.26. The molecule has 2 heterocycles. The quantitative estimate of drug-likeness (QED) is 0.724. The second-order valence-corrected chi connectivity index (χ2v) is 6.04. The Hall–Kier alpha value is -2.48. The molecule has 1 saturated heterocycles. The predicted molar refractivity (Wildman–Crippen MR) is 89.5 cm³/mol. The maximum atomic E-state index is 13.0. The van der Waals surface area contributed by atoms with Crippen molar-refractivity contribution >= 4 is 5.91 Å². The minimum atomic E-state index is -0.339. The molecule has 1 aliphatic heterocycles. The van der Waals surface area contributed by atoms with Gasteiger partial charge in [-0.3, -0.25) is 14.4 Å². The number of halogens is 1. The molecule has 25 heavy (non-hydrogen) atoms. The van der Waals surface area contributed by atoms with Gasteiger partial charge in [0.05, 0.1) is 19.6 Å². The molecule has 1 aliphatic rings. The lowest BCUT2D eigenvalue weighted by Gasteiger charge is -2.23. The van der Waals surface area contributed by atoms with Crippen LogP contribution in [0.4, 0.5) is 4.39 Å². The van der Waals surface area contributed by atoms with Gasteiger partial charge in [0.2, 0.25) is 5.91 Å². The van der Waals surface area contributed by atoms with Gasteiger partial charge in [0.25, 0.3) is 0 Å². The van der Waals surface area contributed by atoms with E-state index in [1.54, 1.807) is 23.1 Å². The normalized spacial score (nSPS) is 17.6. The van der Waals surface area contributed by atoms with Crippen molar-refractivity contribution in [3.05, 3.63) is 42.7 Å². The fourth-order valence-electron chi connectivity index (χ4n) is 3.01. The molecule has 134 valence electrons. The van der Waals surface area contributed by atoms with E-state index in [2.05, 4.69) is 20.3 Å². The van der Waals surface area contributed by atoms with Gasteiger partial charge < -0.3 is 10.1 Å². The van der Waals surface area contributed by atoms with Crippen molar-refractivity contribution in [1.82, 2.24) is 25.0 Å². The number of carbonyl (C=O) groups is 1. The van der Waals surface area contributed by atoms with Gasteiger partial charge in [-0.1, -0.05) is 6.07 Å². The number of ether oxygens (including phenoxy) is 1. The van der Waals surface area contributed by atoms with E-state index in [1.807, 2.05) is 0 Å². The molecule has 1 aromatic heterocycles. The zero-order valence-corrected chi connectivity index (χ0v) is 14.0. The third-order valence-electron chi connectivity index (χ3n) is 4.20. The molecule has 0 radical (unpaired) electrons. The van der Waals surface area contributed by atoms with Crippen LogP contribution in [-0.2, 0) is 11.3 Å². The average Bonchev–Trinajstić information content (AvgIpc) is 3.25. The molecular weight excluding hydrogens is 325 g/mol. The highest BCUT2D eigenvalue weighted by molar-refractivity contribution is 5.78. The fourth-order valence-corrected chi connectivity index (χ4v) is 3.01. The van der Waals surface area contributed by atoms with Gasteiger partial charge in [0.1, 0.15) is 30.8 Å². The molecule has 0 spiro atoms. The van der Waals surface area contributed by atoms with E-state index in [1.165, 1.54) is 18.5 Å². The Morgan fingerprint density at radius 2 is 2.36 bits per heavy atom. The molecule has 7 nitrogen and oxygen atoms in total. The molecule has 1 N–H and O–H groups in total. The number of nitrogens with one attached hydrogen (secondary N) is 1. The van der Waals surface area contributed by atoms with Crippen LogP contribution in [0, 0.1) is 5.82 Å². The number of rotatable bonds is 8. The summed E-state index contributed by atoms with van der Waals surface area (Å²) in [6.07, 6.45) is 5.34. The Labute approximate surface area is 145 Å². The van der Waals surface area contributed by atoms with E-state index < -0.39 is 0 Å². The van der Waals surface area contributed by atoms with Gasteiger partial charge in [0.15, 0.2) is 0 Å². The van der Waals surface area contributed by atoms with Crippen molar-refractivity contribution in [1.29, 1.82) is 0 Å². The van der Waals surface area contributed by atoms with Gasteiger partial charge in [-0.2, -0.15) is 5.10 Å². The van der Waals surface area contributed by atoms with Crippen molar-refractivity contribution in [3.8, 4) is 5.75 Å². The number of nitrogens with zero attached hydrogens (tertiary/aromatic N) is 4. The minimum absolute atomic E-state index is 0.0340. The van der Waals surface area contributed by atoms with Crippen LogP contribution < -0.4 is 10.1 Å². The van der Waals surface area contributed by atoms with E-state index in [4.69, 9.17) is 4.74 Å². The second-order valence-electron chi connectivity index (χ2n) is 6.04. The molecule has 1 aromatic carbocycles. The summed E-state index contributed by atoms with van der Waals surface area (Å²) < 4.78 is 20.2. The molecule has 1 atom stereocenters. The molecule has 1 fully saturated rings. The minimum Gasteiger partial charge on any atom is -0.492 e. The smallest absolute Gasteiger partial charge is 0.234 e. The van der Waals surface area contributed by atoms with Crippen LogP contribution in [0.2, 0.25) is 0 Å². The topological polar surface area (TPSA) is 72.3 Å². The summed E-state index contributed by atoms with van der Waals surface area (Å²) in [5.41, 5.74) is 0. The van der Waals surface area contributed by atoms with Crippen LogP contribution >= 0.6 is 0 Å². The first-order chi connectivity index (χ1) is 12.2. The molecule has 0 aliphatic carbocycles. The third kappa shape index (κ3) is 5.25. The predicted octanol–water partition coefficient (Wildman–Crippen LogP) is 1.08. The summed E-state index contributed by atoms with van der Waals surface area (Å²) in [6.45, 7) is 2.70. The lowest BCUT2D eigenvalue weighted by atomic mass is 10.2. The van der Waals surface area contributed by atoms with Crippen LogP contribution in [0.25, 0.3) is 0 Å². The number of aromatic nitrogens is 3. The zero-order chi connectivity index (χ0) is 17.5. The molecule has 0 unspecified atom stereocenters. The molecule has 0 saturated carbocycles. The molecule has 8 heteroatoms. The van der Waals surface area contributed by atoms with E-state index in [9.17, 15) is 9.18 Å². The number of benzene rings is 1. The van der Waals surface area contributed by atoms with Crippen molar-refractivity contribution in [3.63, 3.8) is 0 Å². The van der Waals surface area contributed by atoms with Crippen LogP contribution in [0.3, 0.4) is 0 Å². The SMILES string of the molecule is O=C(CN1CCC[C@H]1Cn1cncn1)NCCOc1cccc(F)c1. The lowest BCUT2D eigenvalue weighted by Crippen LogP contribution is -2.42. The maximum Gasteiger partial charge on any atom is 0.234 e. The Morgan fingerprint density at radius 1 is 1.44 bits per heavy atom. The summed E-state index contributed by atoms with van der Waals surface area (Å²) in [4.78, 5) is 18.2. The standard InChI is InChI=1S/C17H22FN5O2/c18-14-3-1-5-16(9-14)25-8-6-20-17(24)11-22-7-2-4-15(22)10-23-13-19-12-21-23/h1,3,5,9,12-13,15H,2,4,6-8,10-11H2,(H,20,24)/t15-/m0/s1. The first-order valence-corrected chi connectivity index (χ1v) is 8.42. The van der Waals surface area contributed by atoms with Crippen LogP contribution in [0.5, 0.6) is 5.75 Å². The number of likely N-dealkylation sites (tertiary alicyclic amines) is 1. The van der Waals surface area contributed by atoms with Crippen LogP contribution in [-0.4, -0.2) is 57.9 Å². The third-order valence-corrected chi connectivity index (χ3v) is 4.20.